The number of halogens is 1. The fourth-order valence-electron chi connectivity index (χ4n) is 1.65. The van der Waals surface area contributed by atoms with E-state index in [2.05, 4.69) is 25.6 Å². The summed E-state index contributed by atoms with van der Waals surface area (Å²) in [5.41, 5.74) is 1.44. The predicted molar refractivity (Wildman–Crippen MR) is 79.8 cm³/mol. The molecule has 0 aliphatic heterocycles. The van der Waals surface area contributed by atoms with E-state index in [4.69, 9.17) is 0 Å². The van der Waals surface area contributed by atoms with Gasteiger partial charge in [0.1, 0.15) is 0 Å². The van der Waals surface area contributed by atoms with Crippen LogP contribution in [0.2, 0.25) is 0 Å². The molecule has 0 saturated carbocycles. The molecule has 0 atom stereocenters. The number of aryl methyl sites for hydroxylation is 2. The average molecular weight is 361 g/mol. The van der Waals surface area contributed by atoms with Gasteiger partial charge in [0, 0.05) is 9.85 Å². The van der Waals surface area contributed by atoms with Crippen LogP contribution >= 0.6 is 27.3 Å². The summed E-state index contributed by atoms with van der Waals surface area (Å²) < 4.78 is 27.8. The maximum Gasteiger partial charge on any atom is 0.241 e. The van der Waals surface area contributed by atoms with Gasteiger partial charge in [-0.3, -0.25) is 0 Å². The molecule has 0 aliphatic carbocycles. The van der Waals surface area contributed by atoms with Crippen LogP contribution in [0, 0.1) is 13.8 Å². The standard InChI is InChI=1S/C12H13BrN2O2S2/c1-8-5-10(13)3-4-12(8)19(16,17)14-6-11-7-18-9(2)15-11/h3-5,7,14H,6H2,1-2H3. The summed E-state index contributed by atoms with van der Waals surface area (Å²) in [5.74, 6) is 0. The minimum absolute atomic E-state index is 0.210. The molecule has 1 heterocycles. The lowest BCUT2D eigenvalue weighted by Gasteiger charge is -2.08. The zero-order valence-corrected chi connectivity index (χ0v) is 13.7. The van der Waals surface area contributed by atoms with Crippen molar-refractivity contribution in [2.75, 3.05) is 0 Å². The van der Waals surface area contributed by atoms with E-state index in [0.29, 0.717) is 10.5 Å². The van der Waals surface area contributed by atoms with Crippen molar-refractivity contribution in [3.8, 4) is 0 Å². The lowest BCUT2D eigenvalue weighted by Crippen LogP contribution is -2.24. The van der Waals surface area contributed by atoms with Crippen LogP contribution in [0.15, 0.2) is 32.9 Å². The topological polar surface area (TPSA) is 59.1 Å². The second-order valence-electron chi connectivity index (χ2n) is 4.09. The van der Waals surface area contributed by atoms with Gasteiger partial charge in [0.25, 0.3) is 0 Å². The lowest BCUT2D eigenvalue weighted by molar-refractivity contribution is 0.580. The molecule has 0 aliphatic rings. The minimum atomic E-state index is -3.50. The molecule has 0 saturated heterocycles. The lowest BCUT2D eigenvalue weighted by atomic mass is 10.2. The van der Waals surface area contributed by atoms with E-state index in [9.17, 15) is 8.42 Å². The molecule has 0 radical (unpaired) electrons. The van der Waals surface area contributed by atoms with Crippen LogP contribution in [0.5, 0.6) is 0 Å². The van der Waals surface area contributed by atoms with E-state index in [0.717, 1.165) is 15.2 Å². The summed E-state index contributed by atoms with van der Waals surface area (Å²) in [6.07, 6.45) is 0. The second-order valence-corrected chi connectivity index (χ2v) is 7.81. The highest BCUT2D eigenvalue weighted by Crippen LogP contribution is 2.20. The maximum absolute atomic E-state index is 12.2. The highest BCUT2D eigenvalue weighted by atomic mass is 79.9. The third-order valence-electron chi connectivity index (χ3n) is 2.54. The van der Waals surface area contributed by atoms with Crippen LogP contribution in [0.3, 0.4) is 0 Å². The molecule has 0 amide bonds. The summed E-state index contributed by atoms with van der Waals surface area (Å²) in [5, 5.41) is 2.78. The monoisotopic (exact) mass is 360 g/mol. The van der Waals surface area contributed by atoms with Crippen molar-refractivity contribution in [2.24, 2.45) is 0 Å². The van der Waals surface area contributed by atoms with Crippen molar-refractivity contribution in [1.82, 2.24) is 9.71 Å². The van der Waals surface area contributed by atoms with Crippen molar-refractivity contribution in [1.29, 1.82) is 0 Å². The van der Waals surface area contributed by atoms with Crippen molar-refractivity contribution < 1.29 is 8.42 Å². The summed E-state index contributed by atoms with van der Waals surface area (Å²) in [6.45, 7) is 3.87. The number of nitrogens with zero attached hydrogens (tertiary/aromatic N) is 1. The van der Waals surface area contributed by atoms with Crippen molar-refractivity contribution in [2.45, 2.75) is 25.3 Å². The molecule has 2 rings (SSSR count). The first-order valence-corrected chi connectivity index (χ1v) is 8.71. The molecular formula is C12H13BrN2O2S2. The van der Waals surface area contributed by atoms with Gasteiger partial charge in [-0.25, -0.2) is 18.1 Å². The van der Waals surface area contributed by atoms with Crippen molar-refractivity contribution in [3.05, 3.63) is 44.3 Å². The van der Waals surface area contributed by atoms with E-state index >= 15 is 0 Å². The second kappa shape index (κ2) is 5.70. The molecule has 4 nitrogen and oxygen atoms in total. The van der Waals surface area contributed by atoms with Gasteiger partial charge in [0.2, 0.25) is 10.0 Å². The highest BCUT2D eigenvalue weighted by Gasteiger charge is 2.16. The molecular weight excluding hydrogens is 348 g/mol. The van der Waals surface area contributed by atoms with Gasteiger partial charge in [-0.2, -0.15) is 0 Å². The first kappa shape index (κ1) is 14.6. The smallest absolute Gasteiger partial charge is 0.241 e. The van der Waals surface area contributed by atoms with Crippen LogP contribution in [-0.4, -0.2) is 13.4 Å². The van der Waals surface area contributed by atoms with Gasteiger partial charge < -0.3 is 0 Å². The zero-order valence-electron chi connectivity index (χ0n) is 10.5. The van der Waals surface area contributed by atoms with Crippen molar-refractivity contribution >= 4 is 37.3 Å². The Morgan fingerprint density at radius 3 is 2.68 bits per heavy atom. The van der Waals surface area contributed by atoms with Crippen LogP contribution in [0.4, 0.5) is 0 Å². The van der Waals surface area contributed by atoms with Crippen molar-refractivity contribution in [3.63, 3.8) is 0 Å². The quantitative estimate of drug-likeness (QED) is 0.911. The zero-order chi connectivity index (χ0) is 14.0. The SMILES string of the molecule is Cc1nc(CNS(=O)(=O)c2ccc(Br)cc2C)cs1. The third kappa shape index (κ3) is 3.62. The van der Waals surface area contributed by atoms with Gasteiger partial charge >= 0.3 is 0 Å². The summed E-state index contributed by atoms with van der Waals surface area (Å²) in [7, 11) is -3.50. The fourth-order valence-corrected chi connectivity index (χ4v) is 3.96. The average Bonchev–Trinajstić information content (AvgIpc) is 2.72. The maximum atomic E-state index is 12.2. The Hall–Kier alpha value is -0.760. The van der Waals surface area contributed by atoms with Gasteiger partial charge in [-0.05, 0) is 37.6 Å². The van der Waals surface area contributed by atoms with E-state index in [1.165, 1.54) is 11.3 Å². The number of hydrogen-bond acceptors (Lipinski definition) is 4. The molecule has 0 spiro atoms. The number of aromatic nitrogens is 1. The normalized spacial score (nSPS) is 11.7. The van der Waals surface area contributed by atoms with E-state index in [1.807, 2.05) is 12.3 Å². The number of hydrogen-bond donors (Lipinski definition) is 1. The largest absolute Gasteiger partial charge is 0.245 e. The number of thiazole rings is 1. The molecule has 0 unspecified atom stereocenters. The summed E-state index contributed by atoms with van der Waals surface area (Å²) in [6, 6.07) is 5.09. The molecule has 1 N–H and O–H groups in total. The Morgan fingerprint density at radius 1 is 1.37 bits per heavy atom. The Balaban J connectivity index is 2.18. The van der Waals surface area contributed by atoms with Gasteiger partial charge in [-0.15, -0.1) is 11.3 Å². The molecule has 7 heteroatoms. The summed E-state index contributed by atoms with van der Waals surface area (Å²) in [4.78, 5) is 4.52. The molecule has 1 aromatic heterocycles. The van der Waals surface area contributed by atoms with Crippen LogP contribution < -0.4 is 4.72 Å². The molecule has 0 bridgehead atoms. The number of benzene rings is 1. The molecule has 19 heavy (non-hydrogen) atoms. The number of nitrogens with one attached hydrogen (secondary N) is 1. The Kier molecular flexibility index (Phi) is 4.39. The van der Waals surface area contributed by atoms with E-state index in [-0.39, 0.29) is 6.54 Å². The van der Waals surface area contributed by atoms with E-state index in [1.54, 1.807) is 25.1 Å². The first-order chi connectivity index (χ1) is 8.88. The number of rotatable bonds is 4. The van der Waals surface area contributed by atoms with Gasteiger partial charge in [0.15, 0.2) is 0 Å². The van der Waals surface area contributed by atoms with Crippen LogP contribution in [0.25, 0.3) is 0 Å². The molecule has 2 aromatic rings. The fraction of sp³-hybridized carbons (Fsp3) is 0.250. The molecule has 1 aromatic carbocycles. The minimum Gasteiger partial charge on any atom is -0.245 e. The Bertz CT molecular complexity index is 696. The highest BCUT2D eigenvalue weighted by molar-refractivity contribution is 9.10. The van der Waals surface area contributed by atoms with Gasteiger partial charge in [-0.1, -0.05) is 15.9 Å². The van der Waals surface area contributed by atoms with Crippen LogP contribution in [0.1, 0.15) is 16.3 Å². The predicted octanol–water partition coefficient (Wildman–Crippen LogP) is 3.00. The molecule has 0 fully saturated rings. The number of sulfonamides is 1. The third-order valence-corrected chi connectivity index (χ3v) is 5.41. The summed E-state index contributed by atoms with van der Waals surface area (Å²) >= 11 is 4.82. The first-order valence-electron chi connectivity index (χ1n) is 5.55. The Labute approximate surface area is 125 Å². The van der Waals surface area contributed by atoms with Gasteiger partial charge in [0.05, 0.1) is 22.1 Å². The Morgan fingerprint density at radius 2 is 2.11 bits per heavy atom. The molecule has 102 valence electrons. The van der Waals surface area contributed by atoms with Crippen LogP contribution in [-0.2, 0) is 16.6 Å². The van der Waals surface area contributed by atoms with E-state index < -0.39 is 10.0 Å².